The zero-order valence-electron chi connectivity index (χ0n) is 25.1. The van der Waals surface area contributed by atoms with Crippen molar-refractivity contribution in [1.29, 1.82) is 0 Å². The molecule has 1 aliphatic heterocycles. The van der Waals surface area contributed by atoms with Crippen LogP contribution in [-0.4, -0.2) is 17.3 Å². The first-order valence-electron chi connectivity index (χ1n) is 13.9. The Morgan fingerprint density at radius 2 is 1.67 bits per heavy atom. The van der Waals surface area contributed by atoms with Gasteiger partial charge in [0.05, 0.1) is 17.5 Å². The molecule has 0 fully saturated rings. The molecule has 6 heteroatoms. The number of carbonyl (C=O) groups excluding carboxylic acids is 1. The van der Waals surface area contributed by atoms with E-state index < -0.39 is 0 Å². The van der Waals surface area contributed by atoms with Gasteiger partial charge >= 0.3 is 0 Å². The Kier molecular flexibility index (Phi) is 12.4. The number of fused-ring (bicyclic) bond motifs is 4. The molecule has 5 nitrogen and oxygen atoms in total. The van der Waals surface area contributed by atoms with Gasteiger partial charge in [-0.3, -0.25) is 5.01 Å². The molecule has 2 unspecified atom stereocenters. The van der Waals surface area contributed by atoms with E-state index in [-0.39, 0.29) is 61.3 Å². The molecule has 39 heavy (non-hydrogen) atoms. The molecule has 1 radical (unpaired) electrons. The van der Waals surface area contributed by atoms with Crippen LogP contribution in [0.2, 0.25) is 0 Å². The van der Waals surface area contributed by atoms with Crippen LogP contribution >= 0.6 is 0 Å². The molecule has 0 spiro atoms. The van der Waals surface area contributed by atoms with Gasteiger partial charge in [0, 0.05) is 62.2 Å². The summed E-state index contributed by atoms with van der Waals surface area (Å²) in [5.41, 5.74) is 13.9. The molecular weight excluding hydrogens is 559 g/mol. The van der Waals surface area contributed by atoms with E-state index in [0.29, 0.717) is 0 Å². The number of unbranched alkanes of at least 4 members (excludes halogenated alkanes) is 1. The summed E-state index contributed by atoms with van der Waals surface area (Å²) >= 11 is 0. The Balaban J connectivity index is 0.000000328. The van der Waals surface area contributed by atoms with E-state index in [9.17, 15) is 4.79 Å². The summed E-state index contributed by atoms with van der Waals surface area (Å²) in [7, 11) is 3.73. The third-order valence-corrected chi connectivity index (χ3v) is 6.98. The second kappa shape index (κ2) is 14.4. The average molecular weight is 607 g/mol. The van der Waals surface area contributed by atoms with Crippen molar-refractivity contribution in [1.82, 2.24) is 16.0 Å². The van der Waals surface area contributed by atoms with Crippen LogP contribution in [0.15, 0.2) is 48.5 Å². The van der Waals surface area contributed by atoms with Crippen LogP contribution in [0.4, 0.5) is 0 Å². The van der Waals surface area contributed by atoms with Crippen molar-refractivity contribution < 1.29 is 42.2 Å². The van der Waals surface area contributed by atoms with E-state index in [0.717, 1.165) is 37.9 Å². The number of nitrogens with zero attached hydrogens (tertiary/aromatic N) is 1. The van der Waals surface area contributed by atoms with Gasteiger partial charge in [-0.2, -0.15) is 0 Å². The number of hydrogen-bond donors (Lipinski definition) is 2. The number of hydrogen-bond acceptors (Lipinski definition) is 5. The molecule has 2 atom stereocenters. The first kappa shape index (κ1) is 33.7. The van der Waals surface area contributed by atoms with Crippen molar-refractivity contribution in [2.45, 2.75) is 80.3 Å². The normalized spacial score (nSPS) is 17.3. The van der Waals surface area contributed by atoms with Gasteiger partial charge in [-0.1, -0.05) is 110 Å². The summed E-state index contributed by atoms with van der Waals surface area (Å²) in [6.45, 7) is 19.4. The van der Waals surface area contributed by atoms with Crippen LogP contribution in [-0.2, 0) is 48.7 Å². The monoisotopic (exact) mass is 606 g/mol. The van der Waals surface area contributed by atoms with Gasteiger partial charge in [0.2, 0.25) is 0 Å². The predicted octanol–water partition coefficient (Wildman–Crippen LogP) is 7.53. The van der Waals surface area contributed by atoms with E-state index in [1.807, 2.05) is 20.8 Å². The Bertz CT molecular complexity index is 1130. The van der Waals surface area contributed by atoms with Crippen LogP contribution in [0.3, 0.4) is 0 Å². The molecule has 0 saturated carbocycles. The average Bonchev–Trinajstić information content (AvgIpc) is 3.26. The summed E-state index contributed by atoms with van der Waals surface area (Å²) in [6.07, 6.45) is 3.92. The van der Waals surface area contributed by atoms with Gasteiger partial charge in [-0.05, 0) is 23.0 Å². The molecule has 0 bridgehead atoms. The molecule has 2 aliphatic rings. The standard InChI is InChI=1S/C21H24N3O.C12H23O.Y/c1-3-4-13-24-21-16-10-6-5-9-15(16)14-19(25-2)17-11-7-8-12-18(17)20(21)22-23-24;1-9(8-11(2,3)4)10(13)12(5,6)7;/h5-12,19,22-23H,2-4,13-14H2,1H3;9H,1,8H2,2-7H3;/q2*-1;. The van der Waals surface area contributed by atoms with E-state index in [2.05, 4.69) is 106 Å². The van der Waals surface area contributed by atoms with Gasteiger partial charge < -0.3 is 21.9 Å². The molecule has 4 rings (SSSR count). The number of rotatable bonds is 6. The number of Topliss-reactive ketones (excluding diaryl/α,β-unsaturated/α-hetero) is 1. The summed E-state index contributed by atoms with van der Waals surface area (Å²) < 4.78 is 5.62. The molecule has 2 aromatic rings. The van der Waals surface area contributed by atoms with Crippen molar-refractivity contribution in [3.8, 4) is 0 Å². The quantitative estimate of drug-likeness (QED) is 0.333. The fourth-order valence-corrected chi connectivity index (χ4v) is 5.17. The molecular formula is C33H47N3O2Y-2. The number of benzene rings is 2. The first-order chi connectivity index (χ1) is 17.9. The maximum atomic E-state index is 11.8. The molecule has 1 heterocycles. The molecule has 0 saturated heterocycles. The fourth-order valence-electron chi connectivity index (χ4n) is 5.17. The summed E-state index contributed by atoms with van der Waals surface area (Å²) in [4.78, 5) is 11.8. The van der Waals surface area contributed by atoms with Crippen molar-refractivity contribution in [3.63, 3.8) is 0 Å². The Labute approximate surface area is 262 Å². The van der Waals surface area contributed by atoms with Crippen molar-refractivity contribution in [2.24, 2.45) is 16.7 Å². The number of ketones is 1. The Hall–Kier alpha value is -1.53. The molecule has 2 N–H and O–H groups in total. The Morgan fingerprint density at radius 1 is 1.05 bits per heavy atom. The van der Waals surface area contributed by atoms with Crippen molar-refractivity contribution in [3.05, 3.63) is 84.8 Å². The first-order valence-corrected chi connectivity index (χ1v) is 13.9. The van der Waals surface area contributed by atoms with Crippen LogP contribution in [0.1, 0.15) is 96.1 Å². The van der Waals surface area contributed by atoms with Crippen molar-refractivity contribution in [2.75, 3.05) is 6.54 Å². The number of carbonyl (C=O) groups is 1. The number of ether oxygens (including phenoxy) is 1. The van der Waals surface area contributed by atoms with Crippen LogP contribution in [0.5, 0.6) is 0 Å². The van der Waals surface area contributed by atoms with Crippen LogP contribution < -0.4 is 11.0 Å². The Morgan fingerprint density at radius 3 is 2.26 bits per heavy atom. The zero-order valence-corrected chi connectivity index (χ0v) is 27.9. The van der Waals surface area contributed by atoms with E-state index in [1.54, 1.807) is 0 Å². The minimum Gasteiger partial charge on any atom is -0.549 e. The van der Waals surface area contributed by atoms with E-state index >= 15 is 0 Å². The topological polar surface area (TPSA) is 53.6 Å². The van der Waals surface area contributed by atoms with E-state index in [1.165, 1.54) is 28.0 Å². The molecule has 0 aromatic heterocycles. The number of nitrogens with one attached hydrogen (secondary N) is 2. The predicted molar refractivity (Wildman–Crippen MR) is 158 cm³/mol. The van der Waals surface area contributed by atoms with Gasteiger partial charge in [0.15, 0.2) is 0 Å². The largest absolute Gasteiger partial charge is 0.549 e. The molecule has 0 amide bonds. The third-order valence-electron chi connectivity index (χ3n) is 6.98. The minimum absolute atomic E-state index is 0. The van der Waals surface area contributed by atoms with Crippen molar-refractivity contribution >= 4 is 17.2 Å². The fraction of sp³-hybridized carbons (Fsp3) is 0.485. The van der Waals surface area contributed by atoms with Crippen LogP contribution in [0, 0.1) is 30.8 Å². The second-order valence-electron chi connectivity index (χ2n) is 12.6. The smallest absolute Gasteiger partial charge is 0.111 e. The zero-order chi connectivity index (χ0) is 28.1. The maximum Gasteiger partial charge on any atom is 0.111 e. The summed E-state index contributed by atoms with van der Waals surface area (Å²) in [6, 6.07) is 17.0. The molecule has 1 aliphatic carbocycles. The third kappa shape index (κ3) is 8.73. The van der Waals surface area contributed by atoms with Gasteiger partial charge in [-0.25, -0.2) is 7.11 Å². The molecule has 2 aromatic carbocycles. The SMILES string of the molecule is [CH2-]C(CC(C)(C)C)C(=O)C(C)(C)C.[CH2-]OC1Cc2ccccc2C2=C(NNN2CCCC)c2ccccc21.[Y]. The van der Waals surface area contributed by atoms with Gasteiger partial charge in [0.1, 0.15) is 5.78 Å². The second-order valence-corrected chi connectivity index (χ2v) is 12.6. The van der Waals surface area contributed by atoms with E-state index in [4.69, 9.17) is 4.74 Å². The van der Waals surface area contributed by atoms with Gasteiger partial charge in [-0.15, -0.1) is 11.5 Å². The summed E-state index contributed by atoms with van der Waals surface area (Å²) in [5, 5.41) is 2.24. The maximum absolute atomic E-state index is 11.8. The van der Waals surface area contributed by atoms with Crippen LogP contribution in [0.25, 0.3) is 11.4 Å². The molecule has 211 valence electrons. The number of hydrazine groups is 2. The minimum atomic E-state index is -0.252. The van der Waals surface area contributed by atoms with Gasteiger partial charge in [0.25, 0.3) is 0 Å². The summed E-state index contributed by atoms with van der Waals surface area (Å²) in [5.74, 6) is 0.197.